The second-order valence-electron chi connectivity index (χ2n) is 6.91. The highest BCUT2D eigenvalue weighted by Gasteiger charge is 2.27. The van der Waals surface area contributed by atoms with Crippen molar-refractivity contribution in [2.75, 3.05) is 39.3 Å². The standard InChI is InChI=1S/C18H29N3/c1-15(2)14-20-9-11-21(12-10-20)18-7-8-19-13-16-5-3-4-6-17(16)18/h3-6,15,18-19H,7-14H2,1-2H3. The van der Waals surface area contributed by atoms with Gasteiger partial charge in [-0.1, -0.05) is 38.1 Å². The van der Waals surface area contributed by atoms with Crippen LogP contribution in [0.2, 0.25) is 0 Å². The zero-order chi connectivity index (χ0) is 14.7. The third-order valence-electron chi connectivity index (χ3n) is 4.80. The largest absolute Gasteiger partial charge is 0.313 e. The lowest BCUT2D eigenvalue weighted by Gasteiger charge is -2.40. The summed E-state index contributed by atoms with van der Waals surface area (Å²) in [6.07, 6.45) is 1.24. The van der Waals surface area contributed by atoms with Crippen LogP contribution in [0.5, 0.6) is 0 Å². The minimum atomic E-state index is 0.609. The van der Waals surface area contributed by atoms with E-state index in [-0.39, 0.29) is 0 Å². The Labute approximate surface area is 129 Å². The van der Waals surface area contributed by atoms with Crippen LogP contribution in [0.15, 0.2) is 24.3 Å². The first kappa shape index (κ1) is 15.0. The van der Waals surface area contributed by atoms with E-state index in [9.17, 15) is 0 Å². The molecule has 1 fully saturated rings. The second kappa shape index (κ2) is 6.91. The summed E-state index contributed by atoms with van der Waals surface area (Å²) in [5, 5.41) is 3.57. The van der Waals surface area contributed by atoms with Gasteiger partial charge >= 0.3 is 0 Å². The molecule has 3 heteroatoms. The molecular weight excluding hydrogens is 258 g/mol. The van der Waals surface area contributed by atoms with Crippen molar-refractivity contribution in [1.82, 2.24) is 15.1 Å². The minimum absolute atomic E-state index is 0.609. The molecule has 0 radical (unpaired) electrons. The zero-order valence-corrected chi connectivity index (χ0v) is 13.5. The van der Waals surface area contributed by atoms with Crippen LogP contribution in [-0.2, 0) is 6.54 Å². The van der Waals surface area contributed by atoms with Crippen molar-refractivity contribution in [3.8, 4) is 0 Å². The Bertz CT molecular complexity index is 450. The van der Waals surface area contributed by atoms with E-state index in [0.717, 1.165) is 19.0 Å². The normalized spacial score (nSPS) is 24.8. The number of benzene rings is 1. The third-order valence-corrected chi connectivity index (χ3v) is 4.80. The molecule has 21 heavy (non-hydrogen) atoms. The first-order chi connectivity index (χ1) is 10.2. The van der Waals surface area contributed by atoms with Gasteiger partial charge in [0.15, 0.2) is 0 Å². The second-order valence-corrected chi connectivity index (χ2v) is 6.91. The molecule has 0 aromatic heterocycles. The topological polar surface area (TPSA) is 18.5 Å². The van der Waals surface area contributed by atoms with Crippen LogP contribution in [-0.4, -0.2) is 49.1 Å². The Hall–Kier alpha value is -0.900. The van der Waals surface area contributed by atoms with Crippen LogP contribution in [0, 0.1) is 5.92 Å². The summed E-state index contributed by atoms with van der Waals surface area (Å²) in [6.45, 7) is 12.9. The first-order valence-electron chi connectivity index (χ1n) is 8.49. The minimum Gasteiger partial charge on any atom is -0.313 e. The fourth-order valence-corrected chi connectivity index (χ4v) is 3.79. The summed E-state index contributed by atoms with van der Waals surface area (Å²) < 4.78 is 0. The van der Waals surface area contributed by atoms with Gasteiger partial charge in [0, 0.05) is 45.3 Å². The molecule has 1 unspecified atom stereocenters. The average molecular weight is 287 g/mol. The van der Waals surface area contributed by atoms with Crippen molar-refractivity contribution >= 4 is 0 Å². The predicted molar refractivity (Wildman–Crippen MR) is 88.4 cm³/mol. The highest BCUT2D eigenvalue weighted by atomic mass is 15.3. The Morgan fingerprint density at radius 3 is 2.67 bits per heavy atom. The molecular formula is C18H29N3. The van der Waals surface area contributed by atoms with E-state index in [1.807, 2.05) is 0 Å². The summed E-state index contributed by atoms with van der Waals surface area (Å²) in [7, 11) is 0. The maximum atomic E-state index is 3.57. The summed E-state index contributed by atoms with van der Waals surface area (Å²) >= 11 is 0. The number of rotatable bonds is 3. The fraction of sp³-hybridized carbons (Fsp3) is 0.667. The molecule has 2 heterocycles. The van der Waals surface area contributed by atoms with Crippen LogP contribution < -0.4 is 5.32 Å². The van der Waals surface area contributed by atoms with Crippen molar-refractivity contribution in [3.05, 3.63) is 35.4 Å². The molecule has 0 saturated carbocycles. The van der Waals surface area contributed by atoms with Gasteiger partial charge in [-0.2, -0.15) is 0 Å². The van der Waals surface area contributed by atoms with Gasteiger partial charge in [0.05, 0.1) is 0 Å². The number of fused-ring (bicyclic) bond motifs is 1. The summed E-state index contributed by atoms with van der Waals surface area (Å²) in [5.41, 5.74) is 3.05. The molecule has 2 aliphatic heterocycles. The van der Waals surface area contributed by atoms with E-state index in [1.165, 1.54) is 44.7 Å². The third kappa shape index (κ3) is 3.65. The molecule has 1 N–H and O–H groups in total. The maximum Gasteiger partial charge on any atom is 0.0364 e. The van der Waals surface area contributed by atoms with Gasteiger partial charge in [0.2, 0.25) is 0 Å². The molecule has 0 aliphatic carbocycles. The Morgan fingerprint density at radius 1 is 1.14 bits per heavy atom. The fourth-order valence-electron chi connectivity index (χ4n) is 3.79. The van der Waals surface area contributed by atoms with Crippen molar-refractivity contribution < 1.29 is 0 Å². The van der Waals surface area contributed by atoms with Crippen molar-refractivity contribution in [2.24, 2.45) is 5.92 Å². The Kier molecular flexibility index (Phi) is 4.94. The number of piperazine rings is 1. The monoisotopic (exact) mass is 287 g/mol. The van der Waals surface area contributed by atoms with Gasteiger partial charge in [-0.05, 0) is 30.0 Å². The molecule has 3 nitrogen and oxygen atoms in total. The van der Waals surface area contributed by atoms with Crippen LogP contribution >= 0.6 is 0 Å². The van der Waals surface area contributed by atoms with Gasteiger partial charge in [-0.3, -0.25) is 4.90 Å². The molecule has 1 saturated heterocycles. The van der Waals surface area contributed by atoms with E-state index in [2.05, 4.69) is 53.2 Å². The lowest BCUT2D eigenvalue weighted by Crippen LogP contribution is -2.48. The number of nitrogens with one attached hydrogen (secondary N) is 1. The quantitative estimate of drug-likeness (QED) is 0.921. The van der Waals surface area contributed by atoms with Crippen molar-refractivity contribution in [3.63, 3.8) is 0 Å². The molecule has 0 spiro atoms. The molecule has 1 aromatic rings. The van der Waals surface area contributed by atoms with Gasteiger partial charge in [0.1, 0.15) is 0 Å². The Morgan fingerprint density at radius 2 is 1.90 bits per heavy atom. The summed E-state index contributed by atoms with van der Waals surface area (Å²) in [5.74, 6) is 0.777. The van der Waals surface area contributed by atoms with Gasteiger partial charge < -0.3 is 10.2 Å². The molecule has 1 aromatic carbocycles. The molecule has 3 rings (SSSR count). The smallest absolute Gasteiger partial charge is 0.0364 e. The maximum absolute atomic E-state index is 3.57. The molecule has 1 atom stereocenters. The average Bonchev–Trinajstić information content (AvgIpc) is 2.70. The van der Waals surface area contributed by atoms with E-state index >= 15 is 0 Å². The zero-order valence-electron chi connectivity index (χ0n) is 13.5. The van der Waals surface area contributed by atoms with Gasteiger partial charge in [-0.25, -0.2) is 0 Å². The van der Waals surface area contributed by atoms with Crippen LogP contribution in [0.4, 0.5) is 0 Å². The van der Waals surface area contributed by atoms with Crippen molar-refractivity contribution in [1.29, 1.82) is 0 Å². The van der Waals surface area contributed by atoms with Crippen LogP contribution in [0.1, 0.15) is 37.4 Å². The van der Waals surface area contributed by atoms with E-state index in [4.69, 9.17) is 0 Å². The first-order valence-corrected chi connectivity index (χ1v) is 8.49. The highest BCUT2D eigenvalue weighted by Crippen LogP contribution is 2.29. The SMILES string of the molecule is CC(C)CN1CCN(C2CCNCc3ccccc32)CC1. The molecule has 0 amide bonds. The lowest BCUT2D eigenvalue weighted by atomic mass is 9.97. The van der Waals surface area contributed by atoms with E-state index < -0.39 is 0 Å². The number of hydrogen-bond acceptors (Lipinski definition) is 3. The molecule has 116 valence electrons. The van der Waals surface area contributed by atoms with Gasteiger partial charge in [0.25, 0.3) is 0 Å². The lowest BCUT2D eigenvalue weighted by molar-refractivity contribution is 0.0859. The van der Waals surface area contributed by atoms with Crippen LogP contribution in [0.3, 0.4) is 0 Å². The van der Waals surface area contributed by atoms with E-state index in [0.29, 0.717) is 6.04 Å². The Balaban J connectivity index is 1.67. The van der Waals surface area contributed by atoms with Gasteiger partial charge in [-0.15, -0.1) is 0 Å². The molecule has 0 bridgehead atoms. The van der Waals surface area contributed by atoms with Crippen LogP contribution in [0.25, 0.3) is 0 Å². The van der Waals surface area contributed by atoms with E-state index in [1.54, 1.807) is 5.56 Å². The summed E-state index contributed by atoms with van der Waals surface area (Å²) in [6, 6.07) is 9.61. The predicted octanol–water partition coefficient (Wildman–Crippen LogP) is 2.49. The number of hydrogen-bond donors (Lipinski definition) is 1. The summed E-state index contributed by atoms with van der Waals surface area (Å²) in [4.78, 5) is 5.34. The molecule has 2 aliphatic rings. The number of nitrogens with zero attached hydrogens (tertiary/aromatic N) is 2. The van der Waals surface area contributed by atoms with Crippen molar-refractivity contribution in [2.45, 2.75) is 32.9 Å². The highest BCUT2D eigenvalue weighted by molar-refractivity contribution is 5.31.